The molecule has 7 heteroatoms. The van der Waals surface area contributed by atoms with Crippen molar-refractivity contribution in [1.29, 1.82) is 0 Å². The molecular formula is C16H20ClN5O. The molecule has 1 saturated heterocycles. The summed E-state index contributed by atoms with van der Waals surface area (Å²) in [5.41, 5.74) is 1.76. The van der Waals surface area contributed by atoms with Gasteiger partial charge in [-0.25, -0.2) is 9.97 Å². The number of piperidine rings is 1. The lowest BCUT2D eigenvalue weighted by Crippen LogP contribution is -2.36. The van der Waals surface area contributed by atoms with E-state index in [-0.39, 0.29) is 11.9 Å². The Morgan fingerprint density at radius 1 is 1.30 bits per heavy atom. The lowest BCUT2D eigenvalue weighted by molar-refractivity contribution is 0.0954. The highest BCUT2D eigenvalue weighted by Gasteiger charge is 2.29. The average molecular weight is 334 g/mol. The van der Waals surface area contributed by atoms with Crippen LogP contribution in [-0.2, 0) is 7.05 Å². The van der Waals surface area contributed by atoms with E-state index in [1.165, 1.54) is 0 Å². The maximum Gasteiger partial charge on any atom is 0.267 e. The van der Waals surface area contributed by atoms with Crippen LogP contribution < -0.4 is 10.2 Å². The molecule has 2 aromatic heterocycles. The normalized spacial score (nSPS) is 18.0. The molecule has 1 aliphatic rings. The first-order valence-corrected chi connectivity index (χ1v) is 8.11. The molecule has 1 atom stereocenters. The zero-order valence-corrected chi connectivity index (χ0v) is 14.0. The molecule has 0 unspecified atom stereocenters. The summed E-state index contributed by atoms with van der Waals surface area (Å²) in [6, 6.07) is 4.04. The van der Waals surface area contributed by atoms with Crippen molar-refractivity contribution in [2.75, 3.05) is 18.5 Å². The van der Waals surface area contributed by atoms with Gasteiger partial charge in [-0.1, -0.05) is 11.6 Å². The molecule has 0 bridgehead atoms. The van der Waals surface area contributed by atoms with Crippen molar-refractivity contribution in [2.24, 2.45) is 7.05 Å². The third kappa shape index (κ3) is 3.03. The Morgan fingerprint density at radius 3 is 2.74 bits per heavy atom. The van der Waals surface area contributed by atoms with Crippen LogP contribution in [0.15, 0.2) is 24.5 Å². The number of rotatable bonds is 3. The van der Waals surface area contributed by atoms with Gasteiger partial charge in [-0.2, -0.15) is 0 Å². The SMILES string of the molecule is CNC(=O)c1ccc([C@@H]2CCCCN2c2ncc(Cl)cn2)n1C. The summed E-state index contributed by atoms with van der Waals surface area (Å²) in [6.45, 7) is 0.896. The molecule has 122 valence electrons. The van der Waals surface area contributed by atoms with E-state index in [1.54, 1.807) is 19.4 Å². The Labute approximate surface area is 140 Å². The van der Waals surface area contributed by atoms with Gasteiger partial charge in [0.05, 0.1) is 23.5 Å². The van der Waals surface area contributed by atoms with E-state index in [9.17, 15) is 4.79 Å². The van der Waals surface area contributed by atoms with Crippen molar-refractivity contribution in [1.82, 2.24) is 19.9 Å². The second kappa shape index (κ2) is 6.58. The second-order valence-corrected chi connectivity index (χ2v) is 6.12. The minimum Gasteiger partial charge on any atom is -0.354 e. The van der Waals surface area contributed by atoms with Crippen LogP contribution in [-0.4, -0.2) is 34.0 Å². The van der Waals surface area contributed by atoms with E-state index >= 15 is 0 Å². The van der Waals surface area contributed by atoms with Crippen LogP contribution in [0, 0.1) is 0 Å². The van der Waals surface area contributed by atoms with Crippen molar-refractivity contribution >= 4 is 23.5 Å². The summed E-state index contributed by atoms with van der Waals surface area (Å²) in [4.78, 5) is 22.9. The summed E-state index contributed by atoms with van der Waals surface area (Å²) < 4.78 is 1.96. The number of halogens is 1. The first-order valence-electron chi connectivity index (χ1n) is 7.73. The van der Waals surface area contributed by atoms with Crippen molar-refractivity contribution in [3.63, 3.8) is 0 Å². The highest BCUT2D eigenvalue weighted by atomic mass is 35.5. The molecule has 2 aromatic rings. The Hall–Kier alpha value is -2.08. The van der Waals surface area contributed by atoms with Gasteiger partial charge >= 0.3 is 0 Å². The van der Waals surface area contributed by atoms with Gasteiger partial charge in [0, 0.05) is 26.3 Å². The molecule has 1 fully saturated rings. The van der Waals surface area contributed by atoms with E-state index in [4.69, 9.17) is 11.6 Å². The van der Waals surface area contributed by atoms with Crippen LogP contribution >= 0.6 is 11.6 Å². The Morgan fingerprint density at radius 2 is 2.04 bits per heavy atom. The number of nitrogens with zero attached hydrogens (tertiary/aromatic N) is 4. The third-order valence-electron chi connectivity index (χ3n) is 4.33. The molecule has 0 aliphatic carbocycles. The smallest absolute Gasteiger partial charge is 0.267 e. The number of aromatic nitrogens is 3. The molecule has 0 radical (unpaired) electrons. The van der Waals surface area contributed by atoms with E-state index in [1.807, 2.05) is 23.7 Å². The molecule has 1 N–H and O–H groups in total. The average Bonchev–Trinajstić information content (AvgIpc) is 2.96. The largest absolute Gasteiger partial charge is 0.354 e. The highest BCUT2D eigenvalue weighted by Crippen LogP contribution is 2.34. The maximum atomic E-state index is 11.9. The number of carbonyl (C=O) groups is 1. The molecule has 0 saturated carbocycles. The monoisotopic (exact) mass is 333 g/mol. The van der Waals surface area contributed by atoms with Crippen molar-refractivity contribution < 1.29 is 4.79 Å². The predicted octanol–water partition coefficient (Wildman–Crippen LogP) is 2.56. The Kier molecular flexibility index (Phi) is 4.52. The number of carbonyl (C=O) groups excluding carboxylic acids is 1. The third-order valence-corrected chi connectivity index (χ3v) is 4.52. The molecule has 1 aliphatic heterocycles. The van der Waals surface area contributed by atoms with Gasteiger partial charge in [-0.3, -0.25) is 4.79 Å². The van der Waals surface area contributed by atoms with Gasteiger partial charge in [-0.05, 0) is 31.4 Å². The van der Waals surface area contributed by atoms with Crippen molar-refractivity contribution in [2.45, 2.75) is 25.3 Å². The van der Waals surface area contributed by atoms with Gasteiger partial charge in [0.2, 0.25) is 5.95 Å². The van der Waals surface area contributed by atoms with E-state index < -0.39 is 0 Å². The lowest BCUT2D eigenvalue weighted by atomic mass is 10.00. The number of nitrogens with one attached hydrogen (secondary N) is 1. The van der Waals surface area contributed by atoms with Crippen LogP contribution in [0.25, 0.3) is 0 Å². The highest BCUT2D eigenvalue weighted by molar-refractivity contribution is 6.30. The standard InChI is InChI=1S/C16H20ClN5O/c1-18-15(23)14-7-6-12(21(14)2)13-5-3-4-8-22(13)16-19-9-11(17)10-20-16/h6-7,9-10,13H,3-5,8H2,1-2H3,(H,18,23)/t13-/m0/s1. The van der Waals surface area contributed by atoms with E-state index in [0.29, 0.717) is 16.7 Å². The van der Waals surface area contributed by atoms with Gasteiger partial charge in [0.15, 0.2) is 0 Å². The molecule has 3 heterocycles. The first-order chi connectivity index (χ1) is 11.1. The molecule has 1 amide bonds. The lowest BCUT2D eigenvalue weighted by Gasteiger charge is -2.36. The van der Waals surface area contributed by atoms with Gasteiger partial charge < -0.3 is 14.8 Å². The molecule has 0 spiro atoms. The van der Waals surface area contributed by atoms with Crippen LogP contribution in [0.1, 0.15) is 41.5 Å². The number of hydrogen-bond donors (Lipinski definition) is 1. The van der Waals surface area contributed by atoms with E-state index in [0.717, 1.165) is 31.5 Å². The summed E-state index contributed by atoms with van der Waals surface area (Å²) in [6.07, 6.45) is 6.51. The van der Waals surface area contributed by atoms with Gasteiger partial charge in [-0.15, -0.1) is 0 Å². The predicted molar refractivity (Wildman–Crippen MR) is 89.8 cm³/mol. The van der Waals surface area contributed by atoms with Crippen molar-refractivity contribution in [3.8, 4) is 0 Å². The zero-order chi connectivity index (χ0) is 16.4. The van der Waals surface area contributed by atoms with Crippen molar-refractivity contribution in [3.05, 3.63) is 40.9 Å². The first kappa shape index (κ1) is 15.8. The fourth-order valence-electron chi connectivity index (χ4n) is 3.15. The van der Waals surface area contributed by atoms with Crippen LogP contribution in [0.5, 0.6) is 0 Å². The maximum absolute atomic E-state index is 11.9. The minimum absolute atomic E-state index is 0.0798. The molecule has 6 nitrogen and oxygen atoms in total. The second-order valence-electron chi connectivity index (χ2n) is 5.69. The van der Waals surface area contributed by atoms with Crippen LogP contribution in [0.2, 0.25) is 5.02 Å². The summed E-state index contributed by atoms with van der Waals surface area (Å²) in [5.74, 6) is 0.602. The topological polar surface area (TPSA) is 63.1 Å². The number of amides is 1. The molecular weight excluding hydrogens is 314 g/mol. The van der Waals surface area contributed by atoms with Gasteiger partial charge in [0.25, 0.3) is 5.91 Å². The summed E-state index contributed by atoms with van der Waals surface area (Å²) in [5, 5.41) is 3.21. The van der Waals surface area contributed by atoms with Gasteiger partial charge in [0.1, 0.15) is 5.69 Å². The molecule has 3 rings (SSSR count). The number of hydrogen-bond acceptors (Lipinski definition) is 4. The fourth-order valence-corrected chi connectivity index (χ4v) is 3.25. The summed E-state index contributed by atoms with van der Waals surface area (Å²) in [7, 11) is 3.57. The Bertz CT molecular complexity index is 697. The van der Waals surface area contributed by atoms with Crippen LogP contribution in [0.3, 0.4) is 0 Å². The van der Waals surface area contributed by atoms with E-state index in [2.05, 4.69) is 20.2 Å². The number of anilines is 1. The molecule has 23 heavy (non-hydrogen) atoms. The summed E-state index contributed by atoms with van der Waals surface area (Å²) >= 11 is 5.89. The fraction of sp³-hybridized carbons (Fsp3) is 0.438. The van der Waals surface area contributed by atoms with Crippen LogP contribution in [0.4, 0.5) is 5.95 Å². The zero-order valence-electron chi connectivity index (χ0n) is 13.3. The molecule has 0 aromatic carbocycles. The quantitative estimate of drug-likeness (QED) is 0.937. The Balaban J connectivity index is 1.94. The minimum atomic E-state index is -0.0798.